The maximum Gasteiger partial charge on any atom is 0.231 e. The first-order chi connectivity index (χ1) is 9.76. The van der Waals surface area contributed by atoms with Crippen molar-refractivity contribution in [2.45, 2.75) is 44.3 Å². The van der Waals surface area contributed by atoms with Crippen LogP contribution in [-0.4, -0.2) is 25.9 Å². The summed E-state index contributed by atoms with van der Waals surface area (Å²) in [5.74, 6) is 1.44. The minimum absolute atomic E-state index is 0.267. The van der Waals surface area contributed by atoms with E-state index in [0.29, 0.717) is 23.5 Å². The van der Waals surface area contributed by atoms with Crippen LogP contribution in [0.2, 0.25) is 0 Å². The Bertz CT molecular complexity index is 478. The first kappa shape index (κ1) is 13.5. The van der Waals surface area contributed by atoms with Gasteiger partial charge in [0.15, 0.2) is 11.5 Å². The molecule has 1 saturated carbocycles. The number of rotatable bonds is 4. The van der Waals surface area contributed by atoms with Crippen LogP contribution in [0, 0.1) is 0 Å². The van der Waals surface area contributed by atoms with Gasteiger partial charge in [0.25, 0.3) is 0 Å². The molecule has 0 radical (unpaired) electrons. The maximum absolute atomic E-state index is 5.98. The van der Waals surface area contributed by atoms with Gasteiger partial charge in [0, 0.05) is 18.6 Å². The summed E-state index contributed by atoms with van der Waals surface area (Å²) >= 11 is 0. The molecule has 0 spiro atoms. The molecule has 5 heteroatoms. The van der Waals surface area contributed by atoms with Crippen LogP contribution in [0.5, 0.6) is 11.5 Å². The molecule has 1 aliphatic carbocycles. The highest BCUT2D eigenvalue weighted by molar-refractivity contribution is 5.63. The zero-order valence-electron chi connectivity index (χ0n) is 11.9. The topological polar surface area (TPSA) is 68.5 Å². The van der Waals surface area contributed by atoms with Gasteiger partial charge >= 0.3 is 0 Å². The van der Waals surface area contributed by atoms with Gasteiger partial charge in [-0.15, -0.1) is 0 Å². The van der Waals surface area contributed by atoms with E-state index in [1.54, 1.807) is 0 Å². The molecule has 1 aromatic carbocycles. The molecule has 0 amide bonds. The fourth-order valence-electron chi connectivity index (χ4n) is 3.10. The Morgan fingerprint density at radius 1 is 1.25 bits per heavy atom. The molecular formula is C15H23N3O2. The molecule has 0 saturated heterocycles. The molecule has 5 nitrogen and oxygen atoms in total. The average molecular weight is 277 g/mol. The van der Waals surface area contributed by atoms with Crippen molar-refractivity contribution in [3.8, 4) is 11.5 Å². The normalized spacial score (nSPS) is 24.9. The SMILES string of the molecule is CNC1CCCC(NCc2cc(N)c3c(c2)OCO3)C1. The number of hydrogen-bond acceptors (Lipinski definition) is 5. The van der Waals surface area contributed by atoms with Crippen LogP contribution < -0.4 is 25.8 Å². The molecule has 20 heavy (non-hydrogen) atoms. The predicted octanol–water partition coefficient (Wildman–Crippen LogP) is 1.62. The van der Waals surface area contributed by atoms with Gasteiger partial charge in [-0.3, -0.25) is 0 Å². The number of anilines is 1. The number of nitrogens with one attached hydrogen (secondary N) is 2. The average Bonchev–Trinajstić information content (AvgIpc) is 2.94. The van der Waals surface area contributed by atoms with E-state index < -0.39 is 0 Å². The molecule has 110 valence electrons. The number of nitrogens with two attached hydrogens (primary N) is 1. The highest BCUT2D eigenvalue weighted by Crippen LogP contribution is 2.38. The third kappa shape index (κ3) is 2.83. The Balaban J connectivity index is 1.60. The second-order valence-corrected chi connectivity index (χ2v) is 5.65. The molecule has 1 fully saturated rings. The third-order valence-electron chi connectivity index (χ3n) is 4.24. The number of fused-ring (bicyclic) bond motifs is 1. The molecule has 2 unspecified atom stereocenters. The highest BCUT2D eigenvalue weighted by Gasteiger charge is 2.21. The summed E-state index contributed by atoms with van der Waals surface area (Å²) in [4.78, 5) is 0. The quantitative estimate of drug-likeness (QED) is 0.730. The van der Waals surface area contributed by atoms with Crippen LogP contribution in [0.15, 0.2) is 12.1 Å². The van der Waals surface area contributed by atoms with Crippen molar-refractivity contribution < 1.29 is 9.47 Å². The summed E-state index contributed by atoms with van der Waals surface area (Å²) < 4.78 is 10.7. The van der Waals surface area contributed by atoms with Crippen molar-refractivity contribution in [2.24, 2.45) is 0 Å². The Hall–Kier alpha value is -1.46. The summed E-state index contributed by atoms with van der Waals surface area (Å²) in [7, 11) is 2.05. The van der Waals surface area contributed by atoms with Gasteiger partial charge in [-0.05, 0) is 44.0 Å². The van der Waals surface area contributed by atoms with Crippen LogP contribution in [0.4, 0.5) is 5.69 Å². The first-order valence-electron chi connectivity index (χ1n) is 7.35. The predicted molar refractivity (Wildman–Crippen MR) is 78.9 cm³/mol. The van der Waals surface area contributed by atoms with Crippen molar-refractivity contribution in [3.05, 3.63) is 17.7 Å². The molecule has 2 atom stereocenters. The summed E-state index contributed by atoms with van der Waals surface area (Å²) in [6.07, 6.45) is 5.01. The van der Waals surface area contributed by atoms with Crippen LogP contribution in [0.25, 0.3) is 0 Å². The lowest BCUT2D eigenvalue weighted by atomic mass is 9.91. The second-order valence-electron chi connectivity index (χ2n) is 5.65. The van der Waals surface area contributed by atoms with E-state index in [4.69, 9.17) is 15.2 Å². The van der Waals surface area contributed by atoms with Gasteiger partial charge in [-0.25, -0.2) is 0 Å². The van der Waals surface area contributed by atoms with Crippen molar-refractivity contribution in [1.82, 2.24) is 10.6 Å². The summed E-state index contributed by atoms with van der Waals surface area (Å²) in [6, 6.07) is 5.21. The summed E-state index contributed by atoms with van der Waals surface area (Å²) in [6.45, 7) is 1.09. The van der Waals surface area contributed by atoms with E-state index in [9.17, 15) is 0 Å². The number of hydrogen-bond donors (Lipinski definition) is 3. The molecule has 1 aliphatic heterocycles. The highest BCUT2D eigenvalue weighted by atomic mass is 16.7. The molecule has 0 bridgehead atoms. The third-order valence-corrected chi connectivity index (χ3v) is 4.24. The maximum atomic E-state index is 5.98. The number of nitrogen functional groups attached to an aromatic ring is 1. The largest absolute Gasteiger partial charge is 0.453 e. The Labute approximate surface area is 119 Å². The Morgan fingerprint density at radius 3 is 2.95 bits per heavy atom. The van der Waals surface area contributed by atoms with Gasteiger partial charge in [0.1, 0.15) is 0 Å². The zero-order valence-corrected chi connectivity index (χ0v) is 11.9. The second kappa shape index (κ2) is 5.89. The van der Waals surface area contributed by atoms with E-state index in [2.05, 4.69) is 10.6 Å². The lowest BCUT2D eigenvalue weighted by molar-refractivity contribution is 0.174. The van der Waals surface area contributed by atoms with Crippen molar-refractivity contribution >= 4 is 5.69 Å². The van der Waals surface area contributed by atoms with Crippen LogP contribution in [0.1, 0.15) is 31.2 Å². The van der Waals surface area contributed by atoms with Crippen molar-refractivity contribution in [1.29, 1.82) is 0 Å². The first-order valence-corrected chi connectivity index (χ1v) is 7.35. The van der Waals surface area contributed by atoms with Gasteiger partial charge in [-0.1, -0.05) is 6.42 Å². The minimum Gasteiger partial charge on any atom is -0.453 e. The smallest absolute Gasteiger partial charge is 0.231 e. The Kier molecular flexibility index (Phi) is 3.98. The van der Waals surface area contributed by atoms with Crippen LogP contribution >= 0.6 is 0 Å². The monoisotopic (exact) mass is 277 g/mol. The number of ether oxygens (including phenoxy) is 2. The van der Waals surface area contributed by atoms with E-state index in [0.717, 1.165) is 17.9 Å². The minimum atomic E-state index is 0.267. The van der Waals surface area contributed by atoms with E-state index in [-0.39, 0.29) is 6.79 Å². The molecule has 1 heterocycles. The van der Waals surface area contributed by atoms with E-state index in [1.165, 1.54) is 25.7 Å². The molecule has 3 rings (SSSR count). The molecule has 4 N–H and O–H groups in total. The fourth-order valence-corrected chi connectivity index (χ4v) is 3.10. The van der Waals surface area contributed by atoms with Gasteiger partial charge in [0.2, 0.25) is 6.79 Å². The fraction of sp³-hybridized carbons (Fsp3) is 0.600. The molecular weight excluding hydrogens is 254 g/mol. The van der Waals surface area contributed by atoms with E-state index in [1.807, 2.05) is 19.2 Å². The van der Waals surface area contributed by atoms with Gasteiger partial charge < -0.3 is 25.8 Å². The van der Waals surface area contributed by atoms with Crippen LogP contribution in [-0.2, 0) is 6.54 Å². The van der Waals surface area contributed by atoms with Crippen LogP contribution in [0.3, 0.4) is 0 Å². The summed E-state index contributed by atoms with van der Waals surface area (Å²) in [5.41, 5.74) is 7.79. The standard InChI is InChI=1S/C15H23N3O2/c1-17-11-3-2-4-12(7-11)18-8-10-5-13(16)15-14(6-10)19-9-20-15/h5-6,11-12,17-18H,2-4,7-9,16H2,1H3. The number of benzene rings is 1. The molecule has 2 aliphatic rings. The Morgan fingerprint density at radius 2 is 2.10 bits per heavy atom. The molecule has 1 aromatic rings. The lowest BCUT2D eigenvalue weighted by Crippen LogP contribution is -2.40. The van der Waals surface area contributed by atoms with E-state index >= 15 is 0 Å². The molecule has 0 aromatic heterocycles. The van der Waals surface area contributed by atoms with Gasteiger partial charge in [0.05, 0.1) is 5.69 Å². The lowest BCUT2D eigenvalue weighted by Gasteiger charge is -2.29. The summed E-state index contributed by atoms with van der Waals surface area (Å²) in [5, 5.41) is 7.01. The van der Waals surface area contributed by atoms with Crippen molar-refractivity contribution in [3.63, 3.8) is 0 Å². The zero-order chi connectivity index (χ0) is 13.9. The van der Waals surface area contributed by atoms with Crippen molar-refractivity contribution in [2.75, 3.05) is 19.6 Å². The van der Waals surface area contributed by atoms with Gasteiger partial charge in [-0.2, -0.15) is 0 Å².